The number of benzene rings is 1. The van der Waals surface area contributed by atoms with Crippen molar-refractivity contribution >= 4 is 33.6 Å². The second-order valence-corrected chi connectivity index (χ2v) is 9.56. The van der Waals surface area contributed by atoms with Crippen LogP contribution in [0.1, 0.15) is 22.8 Å². The van der Waals surface area contributed by atoms with Gasteiger partial charge in [0.15, 0.2) is 21.3 Å². The van der Waals surface area contributed by atoms with Crippen LogP contribution in [-0.2, 0) is 40.2 Å². The van der Waals surface area contributed by atoms with Crippen LogP contribution in [0.4, 0.5) is 0 Å². The number of hydrogen-bond acceptors (Lipinski definition) is 8. The van der Waals surface area contributed by atoms with Gasteiger partial charge in [-0.05, 0) is 17.7 Å². The van der Waals surface area contributed by atoms with E-state index in [0.29, 0.717) is 5.56 Å². The lowest BCUT2D eigenvalue weighted by Gasteiger charge is -2.49. The Labute approximate surface area is 184 Å². The smallest absolute Gasteiger partial charge is 0.335 e. The van der Waals surface area contributed by atoms with Crippen LogP contribution in [-0.4, -0.2) is 85.1 Å². The van der Waals surface area contributed by atoms with E-state index < -0.39 is 57.4 Å². The molecule has 0 unspecified atom stereocenters. The highest BCUT2D eigenvalue weighted by Crippen LogP contribution is 2.38. The number of rotatable bonds is 7. The van der Waals surface area contributed by atoms with Gasteiger partial charge in [0.05, 0.1) is 11.3 Å². The monoisotopic (exact) mass is 466 g/mol. The molecule has 1 N–H and O–H groups in total. The third-order valence-electron chi connectivity index (χ3n) is 5.19. The van der Waals surface area contributed by atoms with Gasteiger partial charge >= 0.3 is 11.9 Å². The Bertz CT molecular complexity index is 1110. The number of amides is 2. The lowest BCUT2D eigenvalue weighted by atomic mass is 10.0. The molecule has 2 atom stereocenters. The van der Waals surface area contributed by atoms with E-state index in [-0.39, 0.29) is 23.4 Å². The molecule has 0 radical (unpaired) electrons. The second kappa shape index (κ2) is 8.71. The number of carboxylic acids is 1. The highest BCUT2D eigenvalue weighted by atomic mass is 32.2. The zero-order valence-corrected chi connectivity index (χ0v) is 18.4. The molecule has 2 aliphatic rings. The number of nitrogens with zero attached hydrogens (tertiary/aromatic N) is 2. The van der Waals surface area contributed by atoms with Crippen LogP contribution < -0.4 is 0 Å². The van der Waals surface area contributed by atoms with Gasteiger partial charge in [-0.2, -0.15) is 0 Å². The van der Waals surface area contributed by atoms with E-state index in [9.17, 15) is 27.6 Å². The summed E-state index contributed by atoms with van der Waals surface area (Å²) < 4.78 is 35.3. The molecule has 3 rings (SSSR count). The summed E-state index contributed by atoms with van der Waals surface area (Å²) in [5, 5.41) is 7.67. The van der Waals surface area contributed by atoms with Gasteiger partial charge in [-0.15, -0.1) is 0 Å². The molecule has 11 nitrogen and oxygen atoms in total. The van der Waals surface area contributed by atoms with Gasteiger partial charge < -0.3 is 19.5 Å². The number of sulfone groups is 1. The van der Waals surface area contributed by atoms with Crippen LogP contribution in [0.5, 0.6) is 0 Å². The lowest BCUT2D eigenvalue weighted by Crippen LogP contribution is -2.71. The first-order chi connectivity index (χ1) is 15.0. The Hall–Kier alpha value is -3.25. The summed E-state index contributed by atoms with van der Waals surface area (Å²) in [6.07, 6.45) is -1.22. The van der Waals surface area contributed by atoms with E-state index in [4.69, 9.17) is 14.6 Å². The molecule has 0 spiro atoms. The van der Waals surface area contributed by atoms with E-state index in [1.807, 2.05) is 0 Å². The number of fused-ring (bicyclic) bond motifs is 1. The first-order valence-corrected chi connectivity index (χ1v) is 11.2. The van der Waals surface area contributed by atoms with Crippen molar-refractivity contribution in [1.29, 1.82) is 0 Å². The van der Waals surface area contributed by atoms with Crippen molar-refractivity contribution < 1.29 is 42.2 Å². The number of hydrogen-bond donors (Lipinski definition) is 1. The molecule has 1 saturated heterocycles. The number of carbonyl (C=O) groups is 4. The Kier molecular flexibility index (Phi) is 6.37. The molecule has 1 aromatic carbocycles. The average Bonchev–Trinajstić information content (AvgIpc) is 2.72. The van der Waals surface area contributed by atoms with Crippen molar-refractivity contribution in [3.63, 3.8) is 0 Å². The number of aromatic carboxylic acids is 1. The minimum Gasteiger partial charge on any atom is -0.478 e. The number of β-lactam (4-membered cyclic amide) rings is 1. The summed E-state index contributed by atoms with van der Waals surface area (Å²) in [4.78, 5) is 50.3. The van der Waals surface area contributed by atoms with Crippen LogP contribution in [0.25, 0.3) is 0 Å². The maximum atomic E-state index is 13.3. The molecule has 32 heavy (non-hydrogen) atoms. The van der Waals surface area contributed by atoms with Gasteiger partial charge in [0.1, 0.15) is 12.3 Å². The van der Waals surface area contributed by atoms with Crippen LogP contribution in [0.15, 0.2) is 35.5 Å². The zero-order valence-electron chi connectivity index (χ0n) is 17.6. The van der Waals surface area contributed by atoms with Crippen molar-refractivity contribution in [2.45, 2.75) is 24.9 Å². The third-order valence-corrected chi connectivity index (χ3v) is 7.13. The molecule has 0 bridgehead atoms. The Morgan fingerprint density at radius 1 is 1.22 bits per heavy atom. The summed E-state index contributed by atoms with van der Waals surface area (Å²) in [6, 6.07) is 5.88. The minimum absolute atomic E-state index is 0.00238. The molecule has 1 fully saturated rings. The molecule has 1 aromatic rings. The molecular formula is C20H22N2O9S. The predicted molar refractivity (Wildman–Crippen MR) is 109 cm³/mol. The van der Waals surface area contributed by atoms with Gasteiger partial charge in [-0.1, -0.05) is 12.1 Å². The summed E-state index contributed by atoms with van der Waals surface area (Å²) in [5.41, 5.74) is 0.551. The highest BCUT2D eigenvalue weighted by Gasteiger charge is 2.60. The maximum absolute atomic E-state index is 13.3. The zero-order chi connectivity index (χ0) is 23.8. The van der Waals surface area contributed by atoms with E-state index in [1.54, 1.807) is 12.1 Å². The third kappa shape index (κ3) is 4.23. The van der Waals surface area contributed by atoms with Crippen LogP contribution in [0.2, 0.25) is 0 Å². The SMILES string of the molecule is CO[C@H]1C(=O)N2C(C(=O)N(C)Cc3ccc(C(=O)O)cc3)=C(COC(C)=O)CS(=O)(=O)[C@H]12. The van der Waals surface area contributed by atoms with Crippen molar-refractivity contribution in [3.8, 4) is 0 Å². The van der Waals surface area contributed by atoms with Crippen molar-refractivity contribution in [1.82, 2.24) is 9.80 Å². The number of carbonyl (C=O) groups excluding carboxylic acids is 3. The number of ether oxygens (including phenoxy) is 2. The van der Waals surface area contributed by atoms with E-state index >= 15 is 0 Å². The Morgan fingerprint density at radius 3 is 2.38 bits per heavy atom. The average molecular weight is 466 g/mol. The summed E-state index contributed by atoms with van der Waals surface area (Å²) >= 11 is 0. The van der Waals surface area contributed by atoms with Gasteiger partial charge in [-0.3, -0.25) is 19.3 Å². The Morgan fingerprint density at radius 2 is 1.84 bits per heavy atom. The van der Waals surface area contributed by atoms with Gasteiger partial charge in [0.25, 0.3) is 11.8 Å². The molecule has 2 amide bonds. The van der Waals surface area contributed by atoms with E-state index in [0.717, 1.165) is 11.8 Å². The quantitative estimate of drug-likeness (QED) is 0.425. The predicted octanol–water partition coefficient (Wildman–Crippen LogP) is -0.228. The molecule has 0 saturated carbocycles. The second-order valence-electron chi connectivity index (χ2n) is 7.46. The van der Waals surface area contributed by atoms with Crippen LogP contribution in [0.3, 0.4) is 0 Å². The fraction of sp³-hybridized carbons (Fsp3) is 0.400. The maximum Gasteiger partial charge on any atom is 0.335 e. The molecular weight excluding hydrogens is 444 g/mol. The number of carboxylic acid groups (broad SMARTS) is 1. The molecule has 172 valence electrons. The lowest BCUT2D eigenvalue weighted by molar-refractivity contribution is -0.161. The molecule has 0 aromatic heterocycles. The molecule has 12 heteroatoms. The van der Waals surface area contributed by atoms with Crippen molar-refractivity contribution in [2.24, 2.45) is 0 Å². The summed E-state index contributed by atoms with van der Waals surface area (Å²) in [5.74, 6) is -3.63. The summed E-state index contributed by atoms with van der Waals surface area (Å²) in [7, 11) is -1.21. The fourth-order valence-corrected chi connectivity index (χ4v) is 5.65. The topological polar surface area (TPSA) is 148 Å². The number of likely N-dealkylation sites (N-methyl/N-ethyl adjacent to an activating group) is 1. The first-order valence-electron chi connectivity index (χ1n) is 9.48. The first kappa shape index (κ1) is 23.4. The fourth-order valence-electron chi connectivity index (χ4n) is 3.64. The summed E-state index contributed by atoms with van der Waals surface area (Å²) in [6.45, 7) is 0.756. The van der Waals surface area contributed by atoms with Crippen molar-refractivity contribution in [3.05, 3.63) is 46.7 Å². The standard InChI is InChI=1S/C20H22N2O9S/c1-11(23)31-9-14-10-32(28,29)19-16(30-3)18(25)22(19)15(14)17(24)21(2)8-12-4-6-13(7-5-12)20(26)27/h4-7,16,19H,8-10H2,1-3H3,(H,26,27)/t16-,19+/m0/s1. The molecule has 0 aliphatic carbocycles. The normalized spacial score (nSPS) is 21.5. The highest BCUT2D eigenvalue weighted by molar-refractivity contribution is 7.92. The Balaban J connectivity index is 1.93. The van der Waals surface area contributed by atoms with E-state index in [2.05, 4.69) is 0 Å². The van der Waals surface area contributed by atoms with Crippen LogP contribution in [0, 0.1) is 0 Å². The van der Waals surface area contributed by atoms with Gasteiger partial charge in [-0.25, -0.2) is 13.2 Å². The molecule has 2 aliphatic heterocycles. The number of esters is 1. The van der Waals surface area contributed by atoms with E-state index in [1.165, 1.54) is 31.2 Å². The van der Waals surface area contributed by atoms with Crippen molar-refractivity contribution in [2.75, 3.05) is 26.5 Å². The van der Waals surface area contributed by atoms with Crippen LogP contribution >= 0.6 is 0 Å². The largest absolute Gasteiger partial charge is 0.478 e. The number of methoxy groups -OCH3 is 1. The molecule has 2 heterocycles. The minimum atomic E-state index is -3.87. The van der Waals surface area contributed by atoms with Gasteiger partial charge in [0, 0.05) is 33.2 Å². The van der Waals surface area contributed by atoms with Gasteiger partial charge in [0.2, 0.25) is 0 Å².